The van der Waals surface area contributed by atoms with Crippen LogP contribution in [0.3, 0.4) is 0 Å². The van der Waals surface area contributed by atoms with Gasteiger partial charge >= 0.3 is 12.1 Å². The summed E-state index contributed by atoms with van der Waals surface area (Å²) < 4.78 is 80.9. The van der Waals surface area contributed by atoms with E-state index in [1.54, 1.807) is 30.5 Å². The molecule has 0 saturated carbocycles. The number of carbonyl (C=O) groups excluding carboxylic acids is 2. The summed E-state index contributed by atoms with van der Waals surface area (Å²) in [5.74, 6) is -4.44. The first-order chi connectivity index (χ1) is 22.0. The Kier molecular flexibility index (Phi) is 8.55. The van der Waals surface area contributed by atoms with Crippen LogP contribution in [-0.4, -0.2) is 72.0 Å². The third-order valence-electron chi connectivity index (χ3n) is 8.22. The average molecular weight is 642 g/mol. The van der Waals surface area contributed by atoms with Crippen molar-refractivity contribution in [2.45, 2.75) is 43.9 Å². The number of halogens is 5. The van der Waals surface area contributed by atoms with Crippen LogP contribution in [0.5, 0.6) is 0 Å². The third-order valence-corrected chi connectivity index (χ3v) is 8.22. The van der Waals surface area contributed by atoms with Crippen LogP contribution in [0.2, 0.25) is 0 Å². The number of alkyl halides is 3. The van der Waals surface area contributed by atoms with Crippen molar-refractivity contribution in [1.29, 1.82) is 0 Å². The number of methoxy groups -OCH3 is 1. The Morgan fingerprint density at radius 1 is 1.13 bits per heavy atom. The molecule has 0 bridgehead atoms. The Balaban J connectivity index is 1.27. The van der Waals surface area contributed by atoms with Gasteiger partial charge in [0.15, 0.2) is 5.82 Å². The molecule has 14 heteroatoms. The SMILES string of the molecule is COC(=O)[C@H](Cc1ccc(-c2ncc3c(n2)CCC3)c2ncccc12)NC(=O)c1c(F)cc(N2CCOCC2C(F)(F)F)cc1F. The van der Waals surface area contributed by atoms with Gasteiger partial charge in [0.05, 0.1) is 25.8 Å². The molecule has 1 unspecified atom stereocenters. The van der Waals surface area contributed by atoms with Crippen LogP contribution in [-0.2, 0) is 33.5 Å². The summed E-state index contributed by atoms with van der Waals surface area (Å²) in [6.45, 7) is -1.05. The number of nitrogens with zero attached hydrogens (tertiary/aromatic N) is 4. The summed E-state index contributed by atoms with van der Waals surface area (Å²) in [6, 6.07) is 4.80. The van der Waals surface area contributed by atoms with Crippen LogP contribution in [0.15, 0.2) is 48.8 Å². The Hall–Kier alpha value is -4.72. The topological polar surface area (TPSA) is 107 Å². The Morgan fingerprint density at radius 2 is 1.91 bits per heavy atom. The number of esters is 1. The maximum absolute atomic E-state index is 15.2. The maximum Gasteiger partial charge on any atom is 0.411 e. The minimum Gasteiger partial charge on any atom is -0.467 e. The second-order valence-corrected chi connectivity index (χ2v) is 11.1. The Morgan fingerprint density at radius 3 is 2.65 bits per heavy atom. The highest BCUT2D eigenvalue weighted by atomic mass is 19.4. The number of pyridine rings is 1. The predicted octanol–water partition coefficient (Wildman–Crippen LogP) is 4.74. The number of anilines is 1. The van der Waals surface area contributed by atoms with E-state index in [1.807, 2.05) is 6.20 Å². The Labute approximate surface area is 259 Å². The van der Waals surface area contributed by atoms with Crippen molar-refractivity contribution in [3.05, 3.63) is 82.8 Å². The molecule has 1 fully saturated rings. The minimum absolute atomic E-state index is 0.0790. The summed E-state index contributed by atoms with van der Waals surface area (Å²) in [7, 11) is 1.10. The van der Waals surface area contributed by atoms with Crippen molar-refractivity contribution >= 4 is 28.5 Å². The van der Waals surface area contributed by atoms with Crippen molar-refractivity contribution in [3.63, 3.8) is 0 Å². The molecule has 4 aromatic rings. The molecule has 240 valence electrons. The Bertz CT molecular complexity index is 1790. The number of morpholine rings is 1. The van der Waals surface area contributed by atoms with Crippen LogP contribution < -0.4 is 10.2 Å². The third kappa shape index (κ3) is 6.08. The van der Waals surface area contributed by atoms with Gasteiger partial charge in [0.1, 0.15) is 29.3 Å². The molecule has 2 aromatic carbocycles. The highest BCUT2D eigenvalue weighted by Gasteiger charge is 2.46. The standard InChI is InChI=1S/C32H28F5N5O4/c1-45-31(44)25(41-30(43)27-22(33)13-19(14-23(27)34)42-10-11-46-16-26(42)32(35,36)37)12-17-7-8-21(28-20(17)5-3-9-38-28)29-39-15-18-4-2-6-24(18)40-29/h3,5,7-9,13-15,25-26H,2,4,6,10-12,16H2,1H3,(H,41,43)/t25-,26?/m0/s1. The number of aryl methyl sites for hydroxylation is 2. The molecule has 0 spiro atoms. The number of nitrogens with one attached hydrogen (secondary N) is 1. The highest BCUT2D eigenvalue weighted by molar-refractivity contribution is 5.98. The minimum atomic E-state index is -4.72. The van der Waals surface area contributed by atoms with Crippen LogP contribution in [0.1, 0.15) is 33.6 Å². The van der Waals surface area contributed by atoms with Crippen molar-refractivity contribution < 1.29 is 41.0 Å². The lowest BCUT2D eigenvalue weighted by atomic mass is 9.97. The van der Waals surface area contributed by atoms with Crippen LogP contribution in [0.25, 0.3) is 22.3 Å². The summed E-state index contributed by atoms with van der Waals surface area (Å²) in [5, 5.41) is 2.97. The van der Waals surface area contributed by atoms with Crippen molar-refractivity contribution in [3.8, 4) is 11.4 Å². The normalized spacial score (nSPS) is 17.1. The molecule has 1 saturated heterocycles. The van der Waals surface area contributed by atoms with Crippen molar-refractivity contribution in [1.82, 2.24) is 20.3 Å². The molecule has 6 rings (SSSR count). The van der Waals surface area contributed by atoms with Gasteiger partial charge in [0, 0.05) is 47.7 Å². The number of fused-ring (bicyclic) bond motifs is 2. The molecule has 9 nitrogen and oxygen atoms in total. The van der Waals surface area contributed by atoms with E-state index in [4.69, 9.17) is 14.5 Å². The van der Waals surface area contributed by atoms with Gasteiger partial charge in [0.25, 0.3) is 5.91 Å². The molecule has 1 aliphatic carbocycles. The fourth-order valence-corrected chi connectivity index (χ4v) is 5.95. The van der Waals surface area contributed by atoms with Gasteiger partial charge in [-0.1, -0.05) is 12.1 Å². The summed E-state index contributed by atoms with van der Waals surface area (Å²) in [6.07, 6.45) is 1.37. The second-order valence-electron chi connectivity index (χ2n) is 11.1. The molecule has 3 heterocycles. The van der Waals surface area contributed by atoms with Crippen molar-refractivity contribution in [2.24, 2.45) is 0 Å². The van der Waals surface area contributed by atoms with E-state index in [0.29, 0.717) is 40.0 Å². The van der Waals surface area contributed by atoms with E-state index in [9.17, 15) is 22.8 Å². The van der Waals surface area contributed by atoms with Gasteiger partial charge in [-0.25, -0.2) is 23.5 Å². The summed E-state index contributed by atoms with van der Waals surface area (Å²) >= 11 is 0. The average Bonchev–Trinajstić information content (AvgIpc) is 3.51. The van der Waals surface area contributed by atoms with E-state index in [-0.39, 0.29) is 19.6 Å². The predicted molar refractivity (Wildman–Crippen MR) is 156 cm³/mol. The number of hydrogen-bond acceptors (Lipinski definition) is 8. The summed E-state index contributed by atoms with van der Waals surface area (Å²) in [5.41, 5.74) is 2.46. The molecule has 2 atom stereocenters. The van der Waals surface area contributed by atoms with Gasteiger partial charge in [-0.2, -0.15) is 13.2 Å². The van der Waals surface area contributed by atoms with E-state index < -0.39 is 59.6 Å². The van der Waals surface area contributed by atoms with Gasteiger partial charge < -0.3 is 19.7 Å². The lowest BCUT2D eigenvalue weighted by molar-refractivity contribution is -0.167. The number of aromatic nitrogens is 3. The van der Waals surface area contributed by atoms with Gasteiger partial charge in [-0.3, -0.25) is 9.78 Å². The first kappa shape index (κ1) is 31.3. The lowest BCUT2D eigenvalue weighted by Crippen LogP contribution is -2.53. The number of rotatable bonds is 7. The molecule has 2 aliphatic rings. The molecule has 0 radical (unpaired) electrons. The van der Waals surface area contributed by atoms with E-state index in [0.717, 1.165) is 42.5 Å². The van der Waals surface area contributed by atoms with E-state index in [2.05, 4.69) is 15.3 Å². The van der Waals surface area contributed by atoms with Gasteiger partial charge in [-0.05, 0) is 54.7 Å². The van der Waals surface area contributed by atoms with Crippen molar-refractivity contribution in [2.75, 3.05) is 31.8 Å². The zero-order valence-corrected chi connectivity index (χ0v) is 24.5. The molecule has 46 heavy (non-hydrogen) atoms. The summed E-state index contributed by atoms with van der Waals surface area (Å²) in [4.78, 5) is 40.5. The fourth-order valence-electron chi connectivity index (χ4n) is 5.95. The first-order valence-corrected chi connectivity index (χ1v) is 14.6. The smallest absolute Gasteiger partial charge is 0.411 e. The fraction of sp³-hybridized carbons (Fsp3) is 0.344. The molecule has 2 aromatic heterocycles. The quantitative estimate of drug-likeness (QED) is 0.228. The molecule has 1 amide bonds. The molecule has 1 N–H and O–H groups in total. The monoisotopic (exact) mass is 641 g/mol. The maximum atomic E-state index is 15.2. The number of amides is 1. The number of ether oxygens (including phenoxy) is 2. The van der Waals surface area contributed by atoms with Crippen LogP contribution in [0, 0.1) is 11.6 Å². The lowest BCUT2D eigenvalue weighted by Gasteiger charge is -2.38. The molecule has 1 aliphatic heterocycles. The second kappa shape index (κ2) is 12.6. The van der Waals surface area contributed by atoms with Crippen LogP contribution in [0.4, 0.5) is 27.6 Å². The van der Waals surface area contributed by atoms with Crippen LogP contribution >= 0.6 is 0 Å². The molecular formula is C32H28F5N5O4. The zero-order valence-electron chi connectivity index (χ0n) is 24.5. The first-order valence-electron chi connectivity index (χ1n) is 14.6. The largest absolute Gasteiger partial charge is 0.467 e. The van der Waals surface area contributed by atoms with E-state index in [1.165, 1.54) is 0 Å². The van der Waals surface area contributed by atoms with E-state index >= 15 is 8.78 Å². The molecular weight excluding hydrogens is 613 g/mol. The van der Waals surface area contributed by atoms with Gasteiger partial charge in [-0.15, -0.1) is 0 Å². The van der Waals surface area contributed by atoms with Gasteiger partial charge in [0.2, 0.25) is 0 Å². The number of benzene rings is 2. The highest BCUT2D eigenvalue weighted by Crippen LogP contribution is 2.33. The number of hydrogen-bond donors (Lipinski definition) is 1. The zero-order chi connectivity index (χ0) is 32.6. The number of carbonyl (C=O) groups is 2.